The monoisotopic (exact) mass is 273 g/mol. The van der Waals surface area contributed by atoms with E-state index >= 15 is 0 Å². The zero-order valence-electron chi connectivity index (χ0n) is 8.48. The van der Waals surface area contributed by atoms with Crippen molar-refractivity contribution in [3.8, 4) is 11.1 Å². The van der Waals surface area contributed by atoms with Crippen LogP contribution in [0.15, 0.2) is 30.3 Å². The van der Waals surface area contributed by atoms with Crippen molar-refractivity contribution >= 4 is 28.9 Å². The van der Waals surface area contributed by atoms with Crippen molar-refractivity contribution in [3.05, 3.63) is 52.0 Å². The molecule has 0 aromatic heterocycles. The average molecular weight is 274 g/mol. The summed E-state index contributed by atoms with van der Waals surface area (Å²) in [5, 5.41) is 0.740. The molecule has 17 heavy (non-hydrogen) atoms. The average Bonchev–Trinajstić information content (AvgIpc) is 2.24. The lowest BCUT2D eigenvalue weighted by atomic mass is 10.0. The first-order valence-electron chi connectivity index (χ1n) is 4.69. The molecule has 88 valence electrons. The second kappa shape index (κ2) is 4.51. The molecule has 0 fully saturated rings. The molecular weight excluding hydrogens is 267 g/mol. The molecule has 2 N–H and O–H groups in total. The van der Waals surface area contributed by atoms with Crippen LogP contribution in [-0.2, 0) is 0 Å². The third-order valence-electron chi connectivity index (χ3n) is 2.30. The smallest absolute Gasteiger partial charge is 0.156 e. The predicted octanol–water partition coefficient (Wildman–Crippen LogP) is 4.52. The summed E-state index contributed by atoms with van der Waals surface area (Å²) in [5.74, 6) is -1.61. The van der Waals surface area contributed by atoms with Crippen LogP contribution in [0.2, 0.25) is 10.0 Å². The Balaban J connectivity index is 2.64. The third-order valence-corrected chi connectivity index (χ3v) is 2.74. The van der Waals surface area contributed by atoms with Gasteiger partial charge in [0, 0.05) is 15.6 Å². The van der Waals surface area contributed by atoms with E-state index in [9.17, 15) is 8.78 Å². The Morgan fingerprint density at radius 1 is 0.941 bits per heavy atom. The standard InChI is InChI=1S/C12H7Cl2F2N/c13-7-3-6(4-8(14)5-7)9-1-2-10(15)12(17)11(9)16/h1-5H,17H2. The first kappa shape index (κ1) is 12.1. The van der Waals surface area contributed by atoms with Crippen molar-refractivity contribution in [3.63, 3.8) is 0 Å². The molecule has 0 saturated heterocycles. The van der Waals surface area contributed by atoms with Crippen LogP contribution in [0, 0.1) is 11.6 Å². The van der Waals surface area contributed by atoms with Gasteiger partial charge in [0.05, 0.1) is 0 Å². The lowest BCUT2D eigenvalue weighted by Gasteiger charge is -2.07. The minimum absolute atomic E-state index is 0.160. The SMILES string of the molecule is Nc1c(F)ccc(-c2cc(Cl)cc(Cl)c2)c1F. The van der Waals surface area contributed by atoms with E-state index in [2.05, 4.69) is 0 Å². The van der Waals surface area contributed by atoms with Crippen LogP contribution in [-0.4, -0.2) is 0 Å². The van der Waals surface area contributed by atoms with Gasteiger partial charge >= 0.3 is 0 Å². The lowest BCUT2D eigenvalue weighted by Crippen LogP contribution is -1.97. The summed E-state index contributed by atoms with van der Waals surface area (Å²) in [6.07, 6.45) is 0. The minimum Gasteiger partial charge on any atom is -0.394 e. The van der Waals surface area contributed by atoms with Crippen molar-refractivity contribution in [2.45, 2.75) is 0 Å². The van der Waals surface area contributed by atoms with E-state index in [1.165, 1.54) is 24.3 Å². The van der Waals surface area contributed by atoms with Gasteiger partial charge < -0.3 is 5.73 Å². The molecule has 2 rings (SSSR count). The normalized spacial score (nSPS) is 10.6. The maximum atomic E-state index is 13.8. The molecule has 0 aliphatic carbocycles. The summed E-state index contributed by atoms with van der Waals surface area (Å²) in [4.78, 5) is 0. The van der Waals surface area contributed by atoms with E-state index in [4.69, 9.17) is 28.9 Å². The largest absolute Gasteiger partial charge is 0.394 e. The molecular formula is C12H7Cl2F2N. The fourth-order valence-electron chi connectivity index (χ4n) is 1.50. The zero-order valence-corrected chi connectivity index (χ0v) is 9.99. The Hall–Kier alpha value is -1.32. The molecule has 1 nitrogen and oxygen atoms in total. The van der Waals surface area contributed by atoms with Gasteiger partial charge in [0.2, 0.25) is 0 Å². The molecule has 2 aromatic carbocycles. The van der Waals surface area contributed by atoms with Crippen LogP contribution < -0.4 is 5.73 Å². The van der Waals surface area contributed by atoms with Crippen LogP contribution in [0.5, 0.6) is 0 Å². The number of halogens is 4. The Morgan fingerprint density at radius 2 is 1.53 bits per heavy atom. The maximum Gasteiger partial charge on any atom is 0.156 e. The first-order chi connectivity index (χ1) is 7.99. The highest BCUT2D eigenvalue weighted by molar-refractivity contribution is 6.35. The van der Waals surface area contributed by atoms with Crippen LogP contribution in [0.3, 0.4) is 0 Å². The van der Waals surface area contributed by atoms with E-state index in [1.807, 2.05) is 0 Å². The topological polar surface area (TPSA) is 26.0 Å². The molecule has 2 aromatic rings. The Morgan fingerprint density at radius 3 is 2.12 bits per heavy atom. The van der Waals surface area contributed by atoms with Gasteiger partial charge in [-0.2, -0.15) is 0 Å². The summed E-state index contributed by atoms with van der Waals surface area (Å²) in [6, 6.07) is 6.98. The third kappa shape index (κ3) is 2.35. The fourth-order valence-corrected chi connectivity index (χ4v) is 2.03. The predicted molar refractivity (Wildman–Crippen MR) is 66.2 cm³/mol. The first-order valence-corrected chi connectivity index (χ1v) is 5.44. The number of anilines is 1. The molecule has 0 bridgehead atoms. The quantitative estimate of drug-likeness (QED) is 0.760. The van der Waals surface area contributed by atoms with Gasteiger partial charge in [-0.25, -0.2) is 8.78 Å². The van der Waals surface area contributed by atoms with Gasteiger partial charge in [-0.05, 0) is 35.9 Å². The summed E-state index contributed by atoms with van der Waals surface area (Å²) in [6.45, 7) is 0. The summed E-state index contributed by atoms with van der Waals surface area (Å²) in [5.41, 5.74) is 5.38. The highest BCUT2D eigenvalue weighted by atomic mass is 35.5. The molecule has 0 radical (unpaired) electrons. The van der Waals surface area contributed by atoms with Gasteiger partial charge in [0.1, 0.15) is 11.5 Å². The van der Waals surface area contributed by atoms with E-state index in [-0.39, 0.29) is 5.56 Å². The van der Waals surface area contributed by atoms with Crippen molar-refractivity contribution in [1.29, 1.82) is 0 Å². The van der Waals surface area contributed by atoms with Gasteiger partial charge in [-0.3, -0.25) is 0 Å². The number of hydrogen-bond donors (Lipinski definition) is 1. The molecule has 0 heterocycles. The van der Waals surface area contributed by atoms with Crippen molar-refractivity contribution in [1.82, 2.24) is 0 Å². The second-order valence-corrected chi connectivity index (χ2v) is 4.35. The highest BCUT2D eigenvalue weighted by Gasteiger charge is 2.13. The maximum absolute atomic E-state index is 13.8. The summed E-state index contributed by atoms with van der Waals surface area (Å²) < 4.78 is 26.8. The highest BCUT2D eigenvalue weighted by Crippen LogP contribution is 2.31. The van der Waals surface area contributed by atoms with Crippen molar-refractivity contribution in [2.75, 3.05) is 5.73 Å². The van der Waals surface area contributed by atoms with Crippen molar-refractivity contribution < 1.29 is 8.78 Å². The second-order valence-electron chi connectivity index (χ2n) is 3.48. The molecule has 0 amide bonds. The summed E-state index contributed by atoms with van der Waals surface area (Å²) in [7, 11) is 0. The van der Waals surface area contributed by atoms with Gasteiger partial charge in [0.15, 0.2) is 5.82 Å². The Labute approximate surface area is 107 Å². The molecule has 0 unspecified atom stereocenters. The minimum atomic E-state index is -0.816. The van der Waals surface area contributed by atoms with Gasteiger partial charge in [-0.15, -0.1) is 0 Å². The van der Waals surface area contributed by atoms with Gasteiger partial charge in [0.25, 0.3) is 0 Å². The van der Waals surface area contributed by atoms with E-state index in [0.29, 0.717) is 15.6 Å². The van der Waals surface area contributed by atoms with E-state index in [1.54, 1.807) is 0 Å². The van der Waals surface area contributed by atoms with Crippen molar-refractivity contribution in [2.24, 2.45) is 0 Å². The molecule has 0 atom stereocenters. The molecule has 0 spiro atoms. The summed E-state index contributed by atoms with van der Waals surface area (Å²) >= 11 is 11.6. The van der Waals surface area contributed by atoms with E-state index in [0.717, 1.165) is 6.07 Å². The van der Waals surface area contributed by atoms with Crippen LogP contribution >= 0.6 is 23.2 Å². The van der Waals surface area contributed by atoms with Gasteiger partial charge in [-0.1, -0.05) is 23.2 Å². The lowest BCUT2D eigenvalue weighted by molar-refractivity contribution is 0.594. The number of nitrogens with two attached hydrogens (primary N) is 1. The number of benzene rings is 2. The number of hydrogen-bond acceptors (Lipinski definition) is 1. The van der Waals surface area contributed by atoms with Crippen LogP contribution in [0.4, 0.5) is 14.5 Å². The number of rotatable bonds is 1. The number of nitrogen functional groups attached to an aromatic ring is 1. The van der Waals surface area contributed by atoms with E-state index < -0.39 is 17.3 Å². The molecule has 5 heteroatoms. The Bertz CT molecular complexity index is 565. The molecule has 0 aliphatic rings. The molecule has 0 aliphatic heterocycles. The fraction of sp³-hybridized carbons (Fsp3) is 0. The van der Waals surface area contributed by atoms with Crippen LogP contribution in [0.1, 0.15) is 0 Å². The van der Waals surface area contributed by atoms with Crippen LogP contribution in [0.25, 0.3) is 11.1 Å². The Kier molecular flexibility index (Phi) is 3.22. The molecule has 0 saturated carbocycles. The zero-order chi connectivity index (χ0) is 12.6.